The van der Waals surface area contributed by atoms with E-state index in [0.29, 0.717) is 30.7 Å². The molecule has 0 fully saturated rings. The third-order valence-corrected chi connectivity index (χ3v) is 4.28. The van der Waals surface area contributed by atoms with Gasteiger partial charge in [-0.05, 0) is 36.6 Å². The van der Waals surface area contributed by atoms with Gasteiger partial charge < -0.3 is 10.1 Å². The van der Waals surface area contributed by atoms with E-state index in [9.17, 15) is 13.2 Å². The highest BCUT2D eigenvalue weighted by Crippen LogP contribution is 2.17. The lowest BCUT2D eigenvalue weighted by atomic mass is 10.2. The first-order valence-electron chi connectivity index (χ1n) is 8.36. The van der Waals surface area contributed by atoms with E-state index in [0.717, 1.165) is 17.6 Å². The van der Waals surface area contributed by atoms with E-state index in [-0.39, 0.29) is 12.5 Å². The minimum Gasteiger partial charge on any atom is -0.493 e. The number of ether oxygens (including phenoxy) is 1. The molecule has 0 aliphatic heterocycles. The van der Waals surface area contributed by atoms with Gasteiger partial charge in [0.25, 0.3) is 0 Å². The molecule has 1 amide bonds. The second-order valence-corrected chi connectivity index (χ2v) is 7.77. The van der Waals surface area contributed by atoms with Crippen LogP contribution in [0.4, 0.5) is 5.69 Å². The average Bonchev–Trinajstić information content (AvgIpc) is 2.58. The molecule has 0 unspecified atom stereocenters. The number of carbonyl (C=O) groups is 1. The van der Waals surface area contributed by atoms with Gasteiger partial charge in [0, 0.05) is 13.0 Å². The van der Waals surface area contributed by atoms with Crippen molar-refractivity contribution in [2.75, 3.05) is 17.6 Å². The molecule has 0 heterocycles. The van der Waals surface area contributed by atoms with Gasteiger partial charge in [-0.3, -0.25) is 9.52 Å². The number of anilines is 1. The minimum atomic E-state index is -3.36. The maximum Gasteiger partial charge on any atom is 0.229 e. The summed E-state index contributed by atoms with van der Waals surface area (Å²) in [5, 5.41) is 2.81. The summed E-state index contributed by atoms with van der Waals surface area (Å²) < 4.78 is 30.9. The van der Waals surface area contributed by atoms with E-state index in [2.05, 4.69) is 10.0 Å². The Hall–Kier alpha value is -2.54. The molecule has 0 atom stereocenters. The van der Waals surface area contributed by atoms with E-state index in [1.807, 2.05) is 31.2 Å². The molecule has 2 rings (SSSR count). The number of carbonyl (C=O) groups excluding carboxylic acids is 1. The van der Waals surface area contributed by atoms with Gasteiger partial charge in [-0.1, -0.05) is 36.4 Å². The summed E-state index contributed by atoms with van der Waals surface area (Å²) in [4.78, 5) is 12.0. The summed E-state index contributed by atoms with van der Waals surface area (Å²) in [6, 6.07) is 14.7. The third-order valence-electron chi connectivity index (χ3n) is 3.69. The number of benzene rings is 2. The molecule has 140 valence electrons. The first-order chi connectivity index (χ1) is 12.3. The monoisotopic (exact) mass is 376 g/mol. The van der Waals surface area contributed by atoms with Crippen LogP contribution in [0, 0.1) is 6.92 Å². The van der Waals surface area contributed by atoms with Crippen LogP contribution in [0.15, 0.2) is 48.5 Å². The molecule has 0 spiro atoms. The number of aryl methyl sites for hydroxylation is 1. The highest BCUT2D eigenvalue weighted by molar-refractivity contribution is 7.92. The summed E-state index contributed by atoms with van der Waals surface area (Å²) >= 11 is 0. The summed E-state index contributed by atoms with van der Waals surface area (Å²) in [7, 11) is -3.36. The van der Waals surface area contributed by atoms with Gasteiger partial charge in [0.2, 0.25) is 15.9 Å². The lowest BCUT2D eigenvalue weighted by Gasteiger charge is -2.12. The van der Waals surface area contributed by atoms with E-state index >= 15 is 0 Å². The maximum atomic E-state index is 12.0. The van der Waals surface area contributed by atoms with Crippen LogP contribution in [-0.2, 0) is 21.4 Å². The van der Waals surface area contributed by atoms with Crippen molar-refractivity contribution < 1.29 is 17.9 Å². The van der Waals surface area contributed by atoms with Crippen molar-refractivity contribution in [1.29, 1.82) is 0 Å². The predicted molar refractivity (Wildman–Crippen MR) is 103 cm³/mol. The topological polar surface area (TPSA) is 84.5 Å². The maximum absolute atomic E-state index is 12.0. The van der Waals surface area contributed by atoms with Crippen LogP contribution < -0.4 is 14.8 Å². The Labute approximate surface area is 154 Å². The van der Waals surface area contributed by atoms with E-state index in [1.165, 1.54) is 0 Å². The molecular weight excluding hydrogens is 352 g/mol. The zero-order chi connectivity index (χ0) is 19.0. The second-order valence-electron chi connectivity index (χ2n) is 6.03. The molecule has 0 aliphatic carbocycles. The number of amides is 1. The Balaban J connectivity index is 1.76. The molecule has 0 bridgehead atoms. The first kappa shape index (κ1) is 19.8. The van der Waals surface area contributed by atoms with Crippen LogP contribution >= 0.6 is 0 Å². The Morgan fingerprint density at radius 3 is 2.50 bits per heavy atom. The molecule has 2 aromatic rings. The molecular formula is C19H24N2O4S. The van der Waals surface area contributed by atoms with Crippen molar-refractivity contribution in [1.82, 2.24) is 5.32 Å². The number of rotatable bonds is 9. The lowest BCUT2D eigenvalue weighted by molar-refractivity contribution is -0.121. The Morgan fingerprint density at radius 2 is 1.77 bits per heavy atom. The summed E-state index contributed by atoms with van der Waals surface area (Å²) in [5.41, 5.74) is 2.24. The smallest absolute Gasteiger partial charge is 0.229 e. The van der Waals surface area contributed by atoms with Gasteiger partial charge in [-0.2, -0.15) is 0 Å². The second kappa shape index (κ2) is 9.24. The quantitative estimate of drug-likeness (QED) is 0.659. The first-order valence-corrected chi connectivity index (χ1v) is 10.2. The summed E-state index contributed by atoms with van der Waals surface area (Å²) in [6.07, 6.45) is 2.04. The van der Waals surface area contributed by atoms with Crippen LogP contribution in [0.5, 0.6) is 5.75 Å². The largest absolute Gasteiger partial charge is 0.493 e. The van der Waals surface area contributed by atoms with Crippen molar-refractivity contribution in [2.45, 2.75) is 26.3 Å². The van der Waals surface area contributed by atoms with Gasteiger partial charge in [-0.15, -0.1) is 0 Å². The van der Waals surface area contributed by atoms with E-state index < -0.39 is 10.0 Å². The predicted octanol–water partition coefficient (Wildman–Crippen LogP) is 2.84. The molecule has 7 heteroatoms. The van der Waals surface area contributed by atoms with Gasteiger partial charge in [0.15, 0.2) is 0 Å². The molecule has 0 aromatic heterocycles. The molecule has 0 radical (unpaired) electrons. The number of hydrogen-bond donors (Lipinski definition) is 2. The molecule has 0 saturated carbocycles. The standard InChI is InChI=1S/C19H24N2O4S/c1-15-8-3-6-11-18(15)25-13-7-12-19(22)20-14-16-9-4-5-10-17(16)21-26(2,23)24/h3-6,8-11,21H,7,12-14H2,1-2H3,(H,20,22). The average molecular weight is 376 g/mol. The van der Waals surface area contributed by atoms with Crippen molar-refractivity contribution in [2.24, 2.45) is 0 Å². The Kier molecular flexibility index (Phi) is 7.03. The highest BCUT2D eigenvalue weighted by Gasteiger charge is 2.08. The number of hydrogen-bond acceptors (Lipinski definition) is 4. The fourth-order valence-corrected chi connectivity index (χ4v) is 2.99. The van der Waals surface area contributed by atoms with E-state index in [4.69, 9.17) is 4.74 Å². The van der Waals surface area contributed by atoms with E-state index in [1.54, 1.807) is 24.3 Å². The summed E-state index contributed by atoms with van der Waals surface area (Å²) in [6.45, 7) is 2.70. The normalized spacial score (nSPS) is 11.0. The van der Waals surface area contributed by atoms with Crippen LogP contribution in [0.1, 0.15) is 24.0 Å². The SMILES string of the molecule is Cc1ccccc1OCCCC(=O)NCc1ccccc1NS(C)(=O)=O. The van der Waals surface area contributed by atoms with Crippen LogP contribution in [0.2, 0.25) is 0 Å². The highest BCUT2D eigenvalue weighted by atomic mass is 32.2. The third kappa shape index (κ3) is 6.76. The van der Waals surface area contributed by atoms with Crippen molar-refractivity contribution in [3.05, 3.63) is 59.7 Å². The minimum absolute atomic E-state index is 0.104. The van der Waals surface area contributed by atoms with Crippen molar-refractivity contribution in [3.63, 3.8) is 0 Å². The number of para-hydroxylation sites is 2. The fraction of sp³-hybridized carbons (Fsp3) is 0.316. The fourth-order valence-electron chi connectivity index (χ4n) is 2.39. The van der Waals surface area contributed by atoms with Crippen LogP contribution in [0.3, 0.4) is 0 Å². The zero-order valence-corrected chi connectivity index (χ0v) is 15.8. The van der Waals surface area contributed by atoms with Crippen LogP contribution in [-0.4, -0.2) is 27.2 Å². The van der Waals surface area contributed by atoms with Gasteiger partial charge in [-0.25, -0.2) is 8.42 Å². The number of nitrogens with one attached hydrogen (secondary N) is 2. The molecule has 0 saturated heterocycles. The molecule has 2 N–H and O–H groups in total. The molecule has 26 heavy (non-hydrogen) atoms. The van der Waals surface area contributed by atoms with Crippen LogP contribution in [0.25, 0.3) is 0 Å². The van der Waals surface area contributed by atoms with Gasteiger partial charge in [0.1, 0.15) is 5.75 Å². The summed E-state index contributed by atoms with van der Waals surface area (Å²) in [5.74, 6) is 0.723. The van der Waals surface area contributed by atoms with Crippen molar-refractivity contribution in [3.8, 4) is 5.75 Å². The lowest BCUT2D eigenvalue weighted by Crippen LogP contribution is -2.24. The van der Waals surface area contributed by atoms with Gasteiger partial charge >= 0.3 is 0 Å². The van der Waals surface area contributed by atoms with Gasteiger partial charge in [0.05, 0.1) is 18.6 Å². The Morgan fingerprint density at radius 1 is 1.08 bits per heavy atom. The Bertz CT molecular complexity index is 850. The van der Waals surface area contributed by atoms with Crippen molar-refractivity contribution >= 4 is 21.6 Å². The zero-order valence-electron chi connectivity index (χ0n) is 15.0. The molecule has 2 aromatic carbocycles. The number of sulfonamides is 1. The molecule has 0 aliphatic rings. The molecule has 6 nitrogen and oxygen atoms in total.